The van der Waals surface area contributed by atoms with Gasteiger partial charge in [0.25, 0.3) is 0 Å². The lowest BCUT2D eigenvalue weighted by Crippen LogP contribution is -2.49. The average molecular weight is 200 g/mol. The van der Waals surface area contributed by atoms with Gasteiger partial charge in [-0.3, -0.25) is 0 Å². The molecule has 0 aromatic heterocycles. The van der Waals surface area contributed by atoms with Crippen molar-refractivity contribution < 1.29 is 0 Å². The van der Waals surface area contributed by atoms with Crippen molar-refractivity contribution in [3.05, 3.63) is 0 Å². The monoisotopic (exact) mass is 200 g/mol. The molecule has 2 fully saturated rings. The highest BCUT2D eigenvalue weighted by Crippen LogP contribution is 2.21. The first kappa shape index (κ1) is 9.81. The fraction of sp³-hybridized carbons (Fsp3) is 1.00. The summed E-state index contributed by atoms with van der Waals surface area (Å²) in [6, 6.07) is 0. The van der Waals surface area contributed by atoms with Crippen LogP contribution >= 0.6 is 11.8 Å². The zero-order valence-corrected chi connectivity index (χ0v) is 9.28. The Morgan fingerprint density at radius 2 is 2.00 bits per heavy atom. The molecule has 13 heavy (non-hydrogen) atoms. The normalized spacial score (nSPS) is 27.5. The van der Waals surface area contributed by atoms with Crippen LogP contribution in [0.25, 0.3) is 0 Å². The van der Waals surface area contributed by atoms with Gasteiger partial charge in [-0.05, 0) is 38.1 Å². The molecule has 0 atom stereocenters. The first-order valence-electron chi connectivity index (χ1n) is 5.34. The average Bonchev–Trinajstić information content (AvgIpc) is 2.12. The van der Waals surface area contributed by atoms with Crippen molar-refractivity contribution in [2.75, 3.05) is 39.0 Å². The summed E-state index contributed by atoms with van der Waals surface area (Å²) in [5.41, 5.74) is 0. The van der Waals surface area contributed by atoms with Gasteiger partial charge >= 0.3 is 0 Å². The van der Waals surface area contributed by atoms with Crippen LogP contribution in [0.3, 0.4) is 0 Å². The van der Waals surface area contributed by atoms with Crippen LogP contribution in [0.1, 0.15) is 12.8 Å². The van der Waals surface area contributed by atoms with Gasteiger partial charge in [-0.25, -0.2) is 0 Å². The number of rotatable bonds is 3. The third kappa shape index (κ3) is 2.61. The number of nitrogens with zero attached hydrogens (tertiary/aromatic N) is 1. The number of thioether (sulfide) groups is 1. The molecule has 0 bridgehead atoms. The molecule has 2 aliphatic heterocycles. The van der Waals surface area contributed by atoms with E-state index in [-0.39, 0.29) is 0 Å². The standard InChI is InChI=1S/C10H20N2S/c1-13-10-2-4-12(5-3-10)8-9-6-11-7-9/h9-11H,2-8H2,1H3. The molecule has 3 heteroatoms. The Hall–Kier alpha value is 0.270. The smallest absolute Gasteiger partial charge is 0.00685 e. The topological polar surface area (TPSA) is 15.3 Å². The van der Waals surface area contributed by atoms with Crippen molar-refractivity contribution in [3.8, 4) is 0 Å². The van der Waals surface area contributed by atoms with E-state index >= 15 is 0 Å². The molecule has 2 rings (SSSR count). The number of hydrogen-bond donors (Lipinski definition) is 1. The summed E-state index contributed by atoms with van der Waals surface area (Å²) >= 11 is 2.05. The second kappa shape index (κ2) is 4.67. The Kier molecular flexibility index (Phi) is 3.52. The molecule has 0 spiro atoms. The number of nitrogens with one attached hydrogen (secondary N) is 1. The van der Waals surface area contributed by atoms with Gasteiger partial charge in [0.2, 0.25) is 0 Å². The molecule has 0 saturated carbocycles. The number of piperidine rings is 1. The molecular weight excluding hydrogens is 180 g/mol. The van der Waals surface area contributed by atoms with Crippen molar-refractivity contribution in [1.29, 1.82) is 0 Å². The molecule has 0 aromatic carbocycles. The van der Waals surface area contributed by atoms with Gasteiger partial charge in [0.1, 0.15) is 0 Å². The molecule has 2 nitrogen and oxygen atoms in total. The van der Waals surface area contributed by atoms with E-state index in [4.69, 9.17) is 0 Å². The highest BCUT2D eigenvalue weighted by atomic mass is 32.2. The van der Waals surface area contributed by atoms with Crippen LogP contribution in [0.2, 0.25) is 0 Å². The lowest BCUT2D eigenvalue weighted by molar-refractivity contribution is 0.170. The van der Waals surface area contributed by atoms with E-state index in [1.807, 2.05) is 11.8 Å². The molecule has 0 unspecified atom stereocenters. The van der Waals surface area contributed by atoms with Crippen LogP contribution in [-0.2, 0) is 0 Å². The second-order valence-corrected chi connectivity index (χ2v) is 5.40. The lowest BCUT2D eigenvalue weighted by atomic mass is 10.0. The molecule has 0 amide bonds. The maximum atomic E-state index is 3.34. The van der Waals surface area contributed by atoms with Gasteiger partial charge in [-0.1, -0.05) is 0 Å². The van der Waals surface area contributed by atoms with E-state index in [9.17, 15) is 0 Å². The summed E-state index contributed by atoms with van der Waals surface area (Å²) < 4.78 is 0. The van der Waals surface area contributed by atoms with Gasteiger partial charge < -0.3 is 10.2 Å². The predicted molar refractivity (Wildman–Crippen MR) is 59.3 cm³/mol. The molecule has 1 N–H and O–H groups in total. The predicted octanol–water partition coefficient (Wildman–Crippen LogP) is 1.03. The third-order valence-electron chi connectivity index (χ3n) is 3.25. The van der Waals surface area contributed by atoms with Crippen LogP contribution in [0.5, 0.6) is 0 Å². The zero-order valence-electron chi connectivity index (χ0n) is 8.46. The van der Waals surface area contributed by atoms with Crippen LogP contribution in [0.4, 0.5) is 0 Å². The fourth-order valence-corrected chi connectivity index (χ4v) is 2.85. The molecule has 2 aliphatic rings. The van der Waals surface area contributed by atoms with Crippen LogP contribution < -0.4 is 5.32 Å². The van der Waals surface area contributed by atoms with E-state index in [1.165, 1.54) is 45.6 Å². The first-order chi connectivity index (χ1) is 6.38. The molecule has 0 radical (unpaired) electrons. The minimum Gasteiger partial charge on any atom is -0.316 e. The van der Waals surface area contributed by atoms with Crippen molar-refractivity contribution in [2.45, 2.75) is 18.1 Å². The number of likely N-dealkylation sites (tertiary alicyclic amines) is 1. The minimum atomic E-state index is 0.941. The quantitative estimate of drug-likeness (QED) is 0.732. The van der Waals surface area contributed by atoms with Crippen molar-refractivity contribution in [2.24, 2.45) is 5.92 Å². The number of hydrogen-bond acceptors (Lipinski definition) is 3. The highest BCUT2D eigenvalue weighted by molar-refractivity contribution is 7.99. The zero-order chi connectivity index (χ0) is 9.10. The molecule has 0 aliphatic carbocycles. The SMILES string of the molecule is CSC1CCN(CC2CNC2)CC1. The summed E-state index contributed by atoms with van der Waals surface area (Å²) in [6.45, 7) is 6.52. The third-order valence-corrected chi connectivity index (χ3v) is 4.39. The molecule has 2 heterocycles. The van der Waals surface area contributed by atoms with Gasteiger partial charge in [-0.15, -0.1) is 0 Å². The minimum absolute atomic E-state index is 0.941. The first-order valence-corrected chi connectivity index (χ1v) is 6.63. The Labute approximate surface area is 85.4 Å². The largest absolute Gasteiger partial charge is 0.316 e. The van der Waals surface area contributed by atoms with Crippen molar-refractivity contribution >= 4 is 11.8 Å². The van der Waals surface area contributed by atoms with Crippen molar-refractivity contribution in [3.63, 3.8) is 0 Å². The lowest BCUT2D eigenvalue weighted by Gasteiger charge is -2.36. The van der Waals surface area contributed by atoms with E-state index in [0.717, 1.165) is 11.2 Å². The summed E-state index contributed by atoms with van der Waals surface area (Å²) in [5, 5.41) is 4.28. The van der Waals surface area contributed by atoms with Crippen LogP contribution in [0, 0.1) is 5.92 Å². The van der Waals surface area contributed by atoms with E-state index in [0.29, 0.717) is 0 Å². The van der Waals surface area contributed by atoms with Gasteiger partial charge in [0, 0.05) is 24.9 Å². The van der Waals surface area contributed by atoms with Crippen LogP contribution in [0.15, 0.2) is 0 Å². The molecular formula is C10H20N2S. The summed E-state index contributed by atoms with van der Waals surface area (Å²) in [6.07, 6.45) is 5.05. The van der Waals surface area contributed by atoms with Crippen LogP contribution in [-0.4, -0.2) is 49.1 Å². The highest BCUT2D eigenvalue weighted by Gasteiger charge is 2.23. The maximum absolute atomic E-state index is 3.34. The second-order valence-electron chi connectivity index (χ2n) is 4.26. The molecule has 0 aromatic rings. The Bertz CT molecular complexity index is 151. The van der Waals surface area contributed by atoms with E-state index < -0.39 is 0 Å². The summed E-state index contributed by atoms with van der Waals surface area (Å²) in [7, 11) is 0. The molecule has 2 saturated heterocycles. The van der Waals surface area contributed by atoms with E-state index in [1.54, 1.807) is 0 Å². The van der Waals surface area contributed by atoms with Crippen molar-refractivity contribution in [1.82, 2.24) is 10.2 Å². The molecule has 76 valence electrons. The van der Waals surface area contributed by atoms with Gasteiger partial charge in [0.05, 0.1) is 0 Å². The summed E-state index contributed by atoms with van der Waals surface area (Å²) in [4.78, 5) is 2.65. The fourth-order valence-electron chi connectivity index (χ4n) is 2.17. The Balaban J connectivity index is 1.65. The summed E-state index contributed by atoms with van der Waals surface area (Å²) in [5.74, 6) is 0.950. The van der Waals surface area contributed by atoms with E-state index in [2.05, 4.69) is 16.5 Å². The Morgan fingerprint density at radius 3 is 2.46 bits per heavy atom. The maximum Gasteiger partial charge on any atom is 0.00685 e. The Morgan fingerprint density at radius 1 is 1.31 bits per heavy atom. The van der Waals surface area contributed by atoms with Gasteiger partial charge in [0.15, 0.2) is 0 Å². The van der Waals surface area contributed by atoms with Gasteiger partial charge in [-0.2, -0.15) is 11.8 Å².